The lowest BCUT2D eigenvalue weighted by atomic mass is 9.71. The number of rotatable bonds is 0. The minimum absolute atomic E-state index is 0.0804. The number of benzene rings is 1. The van der Waals surface area contributed by atoms with Gasteiger partial charge in [0.15, 0.2) is 0 Å². The summed E-state index contributed by atoms with van der Waals surface area (Å²) in [5.74, 6) is 1.75. The fourth-order valence-corrected chi connectivity index (χ4v) is 5.27. The Kier molecular flexibility index (Phi) is 2.76. The summed E-state index contributed by atoms with van der Waals surface area (Å²) >= 11 is 3.84. The van der Waals surface area contributed by atoms with Gasteiger partial charge in [-0.3, -0.25) is 0 Å². The van der Waals surface area contributed by atoms with E-state index in [4.69, 9.17) is 4.74 Å². The molecule has 0 spiro atoms. The molecule has 0 bridgehead atoms. The van der Waals surface area contributed by atoms with E-state index in [1.807, 2.05) is 0 Å². The molecule has 1 heterocycles. The molecule has 0 saturated carbocycles. The van der Waals surface area contributed by atoms with E-state index in [1.54, 1.807) is 0 Å². The Bertz CT molecular complexity index is 596. The van der Waals surface area contributed by atoms with E-state index in [1.165, 1.54) is 21.2 Å². The van der Waals surface area contributed by atoms with Crippen LogP contribution in [-0.4, -0.2) is 5.60 Å². The van der Waals surface area contributed by atoms with Crippen molar-refractivity contribution in [2.24, 2.45) is 5.92 Å². The van der Waals surface area contributed by atoms with Crippen LogP contribution >= 0.6 is 15.9 Å². The molecule has 0 radical (unpaired) electrons. The highest BCUT2D eigenvalue weighted by Crippen LogP contribution is 2.60. The maximum absolute atomic E-state index is 6.35. The summed E-state index contributed by atoms with van der Waals surface area (Å²) in [6.45, 7) is 16.2. The Morgan fingerprint density at radius 3 is 2.20 bits per heavy atom. The molecule has 20 heavy (non-hydrogen) atoms. The molecule has 1 aromatic rings. The minimum atomic E-state index is -0.0804. The van der Waals surface area contributed by atoms with Crippen molar-refractivity contribution in [3.8, 4) is 5.75 Å². The minimum Gasteiger partial charge on any atom is -0.487 e. The number of halogens is 1. The number of fused-ring (bicyclic) bond motifs is 3. The van der Waals surface area contributed by atoms with Gasteiger partial charge in [0.25, 0.3) is 0 Å². The summed E-state index contributed by atoms with van der Waals surface area (Å²) in [6, 6.07) is 2.29. The number of hydrogen-bond donors (Lipinski definition) is 0. The van der Waals surface area contributed by atoms with Gasteiger partial charge in [0.1, 0.15) is 11.4 Å². The average Bonchev–Trinajstić information content (AvgIpc) is 2.64. The highest BCUT2D eigenvalue weighted by Gasteiger charge is 2.53. The van der Waals surface area contributed by atoms with Crippen LogP contribution in [0.3, 0.4) is 0 Å². The Morgan fingerprint density at radius 2 is 1.60 bits per heavy atom. The first-order valence-corrected chi connectivity index (χ1v) is 8.33. The molecule has 1 aliphatic heterocycles. The van der Waals surface area contributed by atoms with Crippen LogP contribution in [0, 0.1) is 5.92 Å². The average molecular weight is 337 g/mol. The summed E-state index contributed by atoms with van der Waals surface area (Å²) in [6.07, 6.45) is 0.999. The first kappa shape index (κ1) is 14.4. The van der Waals surface area contributed by atoms with Gasteiger partial charge in [-0.2, -0.15) is 0 Å². The highest BCUT2D eigenvalue weighted by atomic mass is 79.9. The first-order valence-electron chi connectivity index (χ1n) is 7.54. The number of ether oxygens (including phenoxy) is 1. The van der Waals surface area contributed by atoms with Gasteiger partial charge in [-0.05, 0) is 47.8 Å². The molecule has 110 valence electrons. The van der Waals surface area contributed by atoms with E-state index in [2.05, 4.69) is 70.5 Å². The van der Waals surface area contributed by atoms with E-state index in [0.717, 1.165) is 12.2 Å². The SMILES string of the molecule is CC1C(C)(C)c2c(Br)cc3c(c2C1(C)C)OC(C)(C)C3. The summed E-state index contributed by atoms with van der Waals surface area (Å²) in [4.78, 5) is 0. The molecule has 0 aromatic heterocycles. The topological polar surface area (TPSA) is 9.23 Å². The predicted molar refractivity (Wildman–Crippen MR) is 87.8 cm³/mol. The quantitative estimate of drug-likeness (QED) is 0.619. The summed E-state index contributed by atoms with van der Waals surface area (Å²) in [5, 5.41) is 0. The Balaban J connectivity index is 2.35. The third-order valence-corrected chi connectivity index (χ3v) is 6.38. The van der Waals surface area contributed by atoms with Crippen LogP contribution in [0.5, 0.6) is 5.75 Å². The number of hydrogen-bond acceptors (Lipinski definition) is 1. The normalized spacial score (nSPS) is 27.9. The summed E-state index contributed by atoms with van der Waals surface area (Å²) in [7, 11) is 0. The summed E-state index contributed by atoms with van der Waals surface area (Å²) < 4.78 is 7.61. The highest BCUT2D eigenvalue weighted by molar-refractivity contribution is 9.10. The van der Waals surface area contributed by atoms with E-state index in [0.29, 0.717) is 5.92 Å². The molecule has 2 aliphatic rings. The van der Waals surface area contributed by atoms with Gasteiger partial charge in [-0.1, -0.05) is 50.5 Å². The zero-order valence-electron chi connectivity index (χ0n) is 13.6. The lowest BCUT2D eigenvalue weighted by Crippen LogP contribution is -2.31. The second-order valence-electron chi connectivity index (χ2n) is 8.30. The van der Waals surface area contributed by atoms with E-state index >= 15 is 0 Å². The molecule has 1 nitrogen and oxygen atoms in total. The van der Waals surface area contributed by atoms with Crippen LogP contribution in [0.4, 0.5) is 0 Å². The third kappa shape index (κ3) is 1.66. The standard InChI is InChI=1S/C18H25BrO/c1-10-17(4,5)13-12(19)8-11-9-16(2,3)20-15(11)14(13)18(10,6)7/h8,10H,9H2,1-7H3. The van der Waals surface area contributed by atoms with Crippen molar-refractivity contribution in [1.29, 1.82) is 0 Å². The Morgan fingerprint density at radius 1 is 1.05 bits per heavy atom. The summed E-state index contributed by atoms with van der Waals surface area (Å²) in [5.41, 5.74) is 4.48. The molecule has 0 amide bonds. The van der Waals surface area contributed by atoms with Crippen LogP contribution in [0.1, 0.15) is 65.2 Å². The molecule has 2 heteroatoms. The maximum Gasteiger partial charge on any atom is 0.127 e. The van der Waals surface area contributed by atoms with Crippen molar-refractivity contribution >= 4 is 15.9 Å². The van der Waals surface area contributed by atoms with Crippen LogP contribution in [0.15, 0.2) is 10.5 Å². The molecule has 0 N–H and O–H groups in total. The maximum atomic E-state index is 6.35. The zero-order chi connectivity index (χ0) is 15.1. The van der Waals surface area contributed by atoms with E-state index in [-0.39, 0.29) is 16.4 Å². The Labute approximate surface area is 131 Å². The molecule has 1 unspecified atom stereocenters. The molecule has 1 atom stereocenters. The Hall–Kier alpha value is -0.500. The van der Waals surface area contributed by atoms with E-state index in [9.17, 15) is 0 Å². The second kappa shape index (κ2) is 3.82. The van der Waals surface area contributed by atoms with Gasteiger partial charge < -0.3 is 4.74 Å². The molecule has 0 saturated heterocycles. The first-order chi connectivity index (χ1) is 8.98. The zero-order valence-corrected chi connectivity index (χ0v) is 15.2. The van der Waals surface area contributed by atoms with Crippen LogP contribution in [-0.2, 0) is 17.3 Å². The van der Waals surface area contributed by atoms with Crippen molar-refractivity contribution in [2.45, 2.75) is 71.3 Å². The van der Waals surface area contributed by atoms with E-state index < -0.39 is 0 Å². The molecule has 1 aliphatic carbocycles. The molecular weight excluding hydrogens is 312 g/mol. The van der Waals surface area contributed by atoms with Crippen molar-refractivity contribution < 1.29 is 4.74 Å². The molecular formula is C18H25BrO. The van der Waals surface area contributed by atoms with Crippen LogP contribution in [0.25, 0.3) is 0 Å². The monoisotopic (exact) mass is 336 g/mol. The van der Waals surface area contributed by atoms with Gasteiger partial charge in [-0.25, -0.2) is 0 Å². The molecule has 1 aromatic carbocycles. The second-order valence-corrected chi connectivity index (χ2v) is 9.15. The van der Waals surface area contributed by atoms with Gasteiger partial charge in [-0.15, -0.1) is 0 Å². The fraction of sp³-hybridized carbons (Fsp3) is 0.667. The third-order valence-electron chi connectivity index (χ3n) is 5.76. The van der Waals surface area contributed by atoms with Gasteiger partial charge in [0.05, 0.1) is 0 Å². The lowest BCUT2D eigenvalue weighted by molar-refractivity contribution is 0.135. The fourth-order valence-electron chi connectivity index (χ4n) is 4.28. The smallest absolute Gasteiger partial charge is 0.127 e. The van der Waals surface area contributed by atoms with Crippen LogP contribution in [0.2, 0.25) is 0 Å². The van der Waals surface area contributed by atoms with Crippen molar-refractivity contribution in [3.63, 3.8) is 0 Å². The van der Waals surface area contributed by atoms with Crippen molar-refractivity contribution in [1.82, 2.24) is 0 Å². The van der Waals surface area contributed by atoms with Crippen LogP contribution < -0.4 is 4.74 Å². The lowest BCUT2D eigenvalue weighted by Gasteiger charge is -2.33. The predicted octanol–water partition coefficient (Wildman–Crippen LogP) is 5.37. The van der Waals surface area contributed by atoms with Gasteiger partial charge in [0, 0.05) is 16.5 Å². The van der Waals surface area contributed by atoms with Gasteiger partial charge >= 0.3 is 0 Å². The molecule has 0 fully saturated rings. The van der Waals surface area contributed by atoms with Gasteiger partial charge in [0.2, 0.25) is 0 Å². The molecule has 3 rings (SSSR count). The largest absolute Gasteiger partial charge is 0.487 e. The van der Waals surface area contributed by atoms with Crippen molar-refractivity contribution in [2.75, 3.05) is 0 Å². The van der Waals surface area contributed by atoms with Crippen molar-refractivity contribution in [3.05, 3.63) is 27.2 Å².